The molecule has 0 saturated carbocycles. The first-order valence-electron chi connectivity index (χ1n) is 9.56. The van der Waals surface area contributed by atoms with Crippen LogP contribution in [0.2, 0.25) is 0 Å². The largest absolute Gasteiger partial charge is 0.445 e. The van der Waals surface area contributed by atoms with Gasteiger partial charge in [0.1, 0.15) is 11.5 Å². The first-order chi connectivity index (χ1) is 13.6. The highest BCUT2D eigenvalue weighted by Gasteiger charge is 2.22. The molecule has 0 spiro atoms. The Hall–Kier alpha value is -3.21. The summed E-state index contributed by atoms with van der Waals surface area (Å²) in [5.41, 5.74) is 2.92. The SMILES string of the molecule is CC(C)c1oc(CC(C)c2nc(-c3ccccc3)no2)nc1-c1ccccc1. The molecule has 0 aliphatic rings. The second-order valence-corrected chi connectivity index (χ2v) is 7.27. The van der Waals surface area contributed by atoms with Crippen molar-refractivity contribution in [3.8, 4) is 22.6 Å². The molecule has 0 saturated heterocycles. The van der Waals surface area contributed by atoms with Gasteiger partial charge in [-0.25, -0.2) is 4.98 Å². The van der Waals surface area contributed by atoms with Crippen LogP contribution < -0.4 is 0 Å². The quantitative estimate of drug-likeness (QED) is 0.423. The van der Waals surface area contributed by atoms with E-state index >= 15 is 0 Å². The van der Waals surface area contributed by atoms with Crippen molar-refractivity contribution in [1.82, 2.24) is 15.1 Å². The van der Waals surface area contributed by atoms with Crippen molar-refractivity contribution < 1.29 is 8.94 Å². The van der Waals surface area contributed by atoms with Crippen LogP contribution >= 0.6 is 0 Å². The Balaban J connectivity index is 1.57. The molecule has 4 rings (SSSR count). The Morgan fingerprint density at radius 2 is 1.46 bits per heavy atom. The van der Waals surface area contributed by atoms with E-state index in [-0.39, 0.29) is 11.8 Å². The lowest BCUT2D eigenvalue weighted by Gasteiger charge is -2.03. The summed E-state index contributed by atoms with van der Waals surface area (Å²) >= 11 is 0. The number of aromatic nitrogens is 3. The zero-order valence-corrected chi connectivity index (χ0v) is 16.3. The summed E-state index contributed by atoms with van der Waals surface area (Å²) in [4.78, 5) is 9.33. The van der Waals surface area contributed by atoms with Crippen LogP contribution in [0.5, 0.6) is 0 Å². The average Bonchev–Trinajstić information content (AvgIpc) is 3.37. The van der Waals surface area contributed by atoms with Crippen LogP contribution in [0.25, 0.3) is 22.6 Å². The summed E-state index contributed by atoms with van der Waals surface area (Å²) < 4.78 is 11.6. The fraction of sp³-hybridized carbons (Fsp3) is 0.261. The van der Waals surface area contributed by atoms with Gasteiger partial charge >= 0.3 is 0 Å². The van der Waals surface area contributed by atoms with Crippen LogP contribution in [-0.2, 0) is 6.42 Å². The third kappa shape index (κ3) is 3.74. The van der Waals surface area contributed by atoms with Crippen molar-refractivity contribution in [3.63, 3.8) is 0 Å². The Labute approximate surface area is 164 Å². The van der Waals surface area contributed by atoms with Gasteiger partial charge < -0.3 is 8.94 Å². The van der Waals surface area contributed by atoms with Crippen molar-refractivity contribution in [2.24, 2.45) is 0 Å². The summed E-state index contributed by atoms with van der Waals surface area (Å²) in [7, 11) is 0. The summed E-state index contributed by atoms with van der Waals surface area (Å²) in [5, 5.41) is 4.11. The van der Waals surface area contributed by atoms with Crippen LogP contribution in [0.1, 0.15) is 50.1 Å². The maximum atomic E-state index is 6.11. The number of oxazole rings is 1. The molecule has 2 heterocycles. The zero-order valence-electron chi connectivity index (χ0n) is 16.3. The van der Waals surface area contributed by atoms with Crippen molar-refractivity contribution in [2.45, 2.75) is 39.0 Å². The van der Waals surface area contributed by atoms with Gasteiger partial charge in [-0.1, -0.05) is 86.6 Å². The molecular formula is C23H23N3O2. The van der Waals surface area contributed by atoms with Crippen LogP contribution in [0.3, 0.4) is 0 Å². The summed E-state index contributed by atoms with van der Waals surface area (Å²) in [6.07, 6.45) is 0.600. The van der Waals surface area contributed by atoms with Crippen molar-refractivity contribution in [1.29, 1.82) is 0 Å². The highest BCUT2D eigenvalue weighted by molar-refractivity contribution is 5.61. The van der Waals surface area contributed by atoms with Crippen molar-refractivity contribution in [3.05, 3.63) is 78.2 Å². The van der Waals surface area contributed by atoms with E-state index in [2.05, 4.69) is 36.1 Å². The topological polar surface area (TPSA) is 65.0 Å². The highest BCUT2D eigenvalue weighted by Crippen LogP contribution is 2.31. The van der Waals surface area contributed by atoms with E-state index in [0.717, 1.165) is 22.6 Å². The molecule has 5 nitrogen and oxygen atoms in total. The minimum absolute atomic E-state index is 0.00671. The minimum Gasteiger partial charge on any atom is -0.445 e. The molecule has 0 fully saturated rings. The molecule has 0 bridgehead atoms. The average molecular weight is 373 g/mol. The predicted molar refractivity (Wildman–Crippen MR) is 108 cm³/mol. The summed E-state index contributed by atoms with van der Waals surface area (Å²) in [6, 6.07) is 20.0. The molecule has 0 amide bonds. The maximum absolute atomic E-state index is 6.11. The molecule has 2 aromatic heterocycles. The highest BCUT2D eigenvalue weighted by atomic mass is 16.5. The van der Waals surface area contributed by atoms with Gasteiger partial charge in [-0.2, -0.15) is 4.98 Å². The third-order valence-corrected chi connectivity index (χ3v) is 4.65. The molecule has 1 atom stereocenters. The lowest BCUT2D eigenvalue weighted by molar-refractivity contribution is 0.346. The Kier molecular flexibility index (Phi) is 5.06. The van der Waals surface area contributed by atoms with Gasteiger partial charge in [0.25, 0.3) is 0 Å². The zero-order chi connectivity index (χ0) is 19.5. The number of rotatable bonds is 6. The van der Waals surface area contributed by atoms with E-state index in [1.807, 2.05) is 55.5 Å². The van der Waals surface area contributed by atoms with Gasteiger partial charge in [0, 0.05) is 29.4 Å². The third-order valence-electron chi connectivity index (χ3n) is 4.65. The monoisotopic (exact) mass is 373 g/mol. The standard InChI is InChI=1S/C23H23N3O2/c1-15(2)21-20(17-10-6-4-7-11-17)24-19(27-21)14-16(3)23-25-22(26-28-23)18-12-8-5-9-13-18/h4-13,15-16H,14H2,1-3H3. The molecule has 142 valence electrons. The van der Waals surface area contributed by atoms with Crippen molar-refractivity contribution in [2.75, 3.05) is 0 Å². The normalized spacial score (nSPS) is 12.4. The predicted octanol–water partition coefficient (Wildman–Crippen LogP) is 5.86. The van der Waals surface area contributed by atoms with Gasteiger partial charge in [-0.3, -0.25) is 0 Å². The number of hydrogen-bond acceptors (Lipinski definition) is 5. The molecule has 4 aromatic rings. The Morgan fingerprint density at radius 1 is 0.821 bits per heavy atom. The van der Waals surface area contributed by atoms with Crippen LogP contribution in [0.15, 0.2) is 69.6 Å². The summed E-state index contributed by atoms with van der Waals surface area (Å²) in [5.74, 6) is 3.04. The van der Waals surface area contributed by atoms with E-state index < -0.39 is 0 Å². The van der Waals surface area contributed by atoms with E-state index in [1.54, 1.807) is 0 Å². The van der Waals surface area contributed by atoms with Crippen LogP contribution in [-0.4, -0.2) is 15.1 Å². The van der Waals surface area contributed by atoms with Gasteiger partial charge in [0.2, 0.25) is 11.7 Å². The maximum Gasteiger partial charge on any atom is 0.230 e. The summed E-state index contributed by atoms with van der Waals surface area (Å²) in [6.45, 7) is 6.28. The minimum atomic E-state index is 0.00671. The molecule has 0 aliphatic heterocycles. The molecule has 28 heavy (non-hydrogen) atoms. The first kappa shape index (κ1) is 18.2. The number of nitrogens with zero attached hydrogens (tertiary/aromatic N) is 3. The molecule has 0 radical (unpaired) electrons. The van der Waals surface area contributed by atoms with Gasteiger partial charge in [-0.05, 0) is 0 Å². The Bertz CT molecular complexity index is 1040. The Morgan fingerprint density at radius 3 is 2.11 bits per heavy atom. The molecule has 0 aliphatic carbocycles. The second kappa shape index (κ2) is 7.80. The number of hydrogen-bond donors (Lipinski definition) is 0. The lowest BCUT2D eigenvalue weighted by atomic mass is 10.0. The van der Waals surface area contributed by atoms with Crippen LogP contribution in [0, 0.1) is 0 Å². The number of benzene rings is 2. The van der Waals surface area contributed by atoms with E-state index in [0.29, 0.717) is 24.0 Å². The van der Waals surface area contributed by atoms with Crippen LogP contribution in [0.4, 0.5) is 0 Å². The second-order valence-electron chi connectivity index (χ2n) is 7.27. The van der Waals surface area contributed by atoms with Crippen molar-refractivity contribution >= 4 is 0 Å². The molecule has 0 N–H and O–H groups in total. The van der Waals surface area contributed by atoms with E-state index in [4.69, 9.17) is 13.9 Å². The molecule has 1 unspecified atom stereocenters. The van der Waals surface area contributed by atoms with Gasteiger partial charge in [0.05, 0.1) is 0 Å². The molecular weight excluding hydrogens is 350 g/mol. The van der Waals surface area contributed by atoms with Gasteiger partial charge in [-0.15, -0.1) is 0 Å². The lowest BCUT2D eigenvalue weighted by Crippen LogP contribution is -1.99. The first-order valence-corrected chi connectivity index (χ1v) is 9.56. The van der Waals surface area contributed by atoms with E-state index in [1.165, 1.54) is 0 Å². The fourth-order valence-corrected chi connectivity index (χ4v) is 3.15. The van der Waals surface area contributed by atoms with E-state index in [9.17, 15) is 0 Å². The van der Waals surface area contributed by atoms with Gasteiger partial charge in [0.15, 0.2) is 5.89 Å². The molecule has 5 heteroatoms. The smallest absolute Gasteiger partial charge is 0.230 e. The fourth-order valence-electron chi connectivity index (χ4n) is 3.15. The molecule has 2 aromatic carbocycles.